The first-order chi connectivity index (χ1) is 8.72. The molecule has 0 aliphatic rings. The molecule has 0 bridgehead atoms. The average molecular weight is 240 g/mol. The molecule has 18 heavy (non-hydrogen) atoms. The molecule has 0 atom stereocenters. The number of aromatic amines is 1. The minimum absolute atomic E-state index is 0.155. The van der Waals surface area contributed by atoms with Crippen LogP contribution in [0.2, 0.25) is 0 Å². The first-order valence-electron chi connectivity index (χ1n) is 5.59. The van der Waals surface area contributed by atoms with E-state index in [0.29, 0.717) is 5.56 Å². The summed E-state index contributed by atoms with van der Waals surface area (Å²) in [6.45, 7) is 0. The van der Waals surface area contributed by atoms with Crippen LogP contribution in [0.25, 0.3) is 10.9 Å². The molecule has 0 saturated carbocycles. The summed E-state index contributed by atoms with van der Waals surface area (Å²) in [7, 11) is 1.78. The predicted molar refractivity (Wildman–Crippen MR) is 69.5 cm³/mol. The number of benzene rings is 1. The van der Waals surface area contributed by atoms with Crippen molar-refractivity contribution in [1.82, 2.24) is 14.8 Å². The Kier molecular flexibility index (Phi) is 2.37. The number of amides is 1. The van der Waals surface area contributed by atoms with Crippen LogP contribution in [0, 0.1) is 0 Å². The smallest absolute Gasteiger partial charge is 0.258 e. The number of nitrogens with zero attached hydrogens (tertiary/aromatic N) is 2. The highest BCUT2D eigenvalue weighted by atomic mass is 16.1. The Morgan fingerprint density at radius 2 is 2.28 bits per heavy atom. The number of hydrogen-bond acceptors (Lipinski definition) is 2. The Morgan fingerprint density at radius 3 is 3.06 bits per heavy atom. The largest absolute Gasteiger partial charge is 0.361 e. The normalized spacial score (nSPS) is 10.7. The molecule has 0 aliphatic heterocycles. The van der Waals surface area contributed by atoms with E-state index in [1.54, 1.807) is 24.1 Å². The maximum absolute atomic E-state index is 11.9. The first-order valence-corrected chi connectivity index (χ1v) is 5.59. The zero-order valence-electron chi connectivity index (χ0n) is 9.84. The number of rotatable bonds is 2. The fourth-order valence-corrected chi connectivity index (χ4v) is 1.87. The molecular formula is C13H12N4O. The third-order valence-corrected chi connectivity index (χ3v) is 2.78. The molecule has 0 aliphatic carbocycles. The van der Waals surface area contributed by atoms with Gasteiger partial charge in [-0.1, -0.05) is 0 Å². The highest BCUT2D eigenvalue weighted by Gasteiger charge is 2.08. The fraction of sp³-hybridized carbons (Fsp3) is 0.0769. The number of carbonyl (C=O) groups excluding carboxylic acids is 1. The van der Waals surface area contributed by atoms with Gasteiger partial charge in [-0.05, 0) is 24.3 Å². The summed E-state index contributed by atoms with van der Waals surface area (Å²) in [6.07, 6.45) is 5.10. The quantitative estimate of drug-likeness (QED) is 0.721. The Bertz CT molecular complexity index is 710. The standard InChI is InChI=1S/C13H12N4O/c1-17-8-10(7-15-17)13(18)16-11-2-3-12-9(6-11)4-5-14-12/h2-8,14H,1H3,(H,16,18). The van der Waals surface area contributed by atoms with Gasteiger partial charge in [0.05, 0.1) is 11.8 Å². The lowest BCUT2D eigenvalue weighted by Crippen LogP contribution is -2.10. The van der Waals surface area contributed by atoms with Crippen LogP contribution in [0.5, 0.6) is 0 Å². The van der Waals surface area contributed by atoms with Crippen LogP contribution in [0.15, 0.2) is 42.9 Å². The van der Waals surface area contributed by atoms with Crippen molar-refractivity contribution in [3.05, 3.63) is 48.4 Å². The summed E-state index contributed by atoms with van der Waals surface area (Å²) in [5, 5.41) is 7.89. The van der Waals surface area contributed by atoms with Crippen molar-refractivity contribution in [2.75, 3.05) is 5.32 Å². The second kappa shape index (κ2) is 4.03. The van der Waals surface area contributed by atoms with Crippen molar-refractivity contribution in [2.24, 2.45) is 7.05 Å². The van der Waals surface area contributed by atoms with Crippen LogP contribution in [-0.2, 0) is 7.05 Å². The Labute approximate surface area is 103 Å². The average Bonchev–Trinajstić information content (AvgIpc) is 2.96. The molecule has 90 valence electrons. The van der Waals surface area contributed by atoms with E-state index in [1.807, 2.05) is 30.5 Å². The van der Waals surface area contributed by atoms with E-state index in [2.05, 4.69) is 15.4 Å². The van der Waals surface area contributed by atoms with Gasteiger partial charge in [-0.3, -0.25) is 9.48 Å². The maximum atomic E-state index is 11.9. The van der Waals surface area contributed by atoms with Gasteiger partial charge in [0.2, 0.25) is 0 Å². The molecule has 0 unspecified atom stereocenters. The van der Waals surface area contributed by atoms with Gasteiger partial charge in [0, 0.05) is 36.0 Å². The molecule has 0 radical (unpaired) electrons. The van der Waals surface area contributed by atoms with Crippen LogP contribution in [-0.4, -0.2) is 20.7 Å². The van der Waals surface area contributed by atoms with Gasteiger partial charge >= 0.3 is 0 Å². The Hall–Kier alpha value is -2.56. The van der Waals surface area contributed by atoms with Gasteiger partial charge in [0.1, 0.15) is 0 Å². The summed E-state index contributed by atoms with van der Waals surface area (Å²) in [6, 6.07) is 7.70. The van der Waals surface area contributed by atoms with E-state index < -0.39 is 0 Å². The topological polar surface area (TPSA) is 62.7 Å². The van der Waals surface area contributed by atoms with Gasteiger partial charge in [-0.25, -0.2) is 0 Å². The van der Waals surface area contributed by atoms with Gasteiger partial charge < -0.3 is 10.3 Å². The second-order valence-corrected chi connectivity index (χ2v) is 4.14. The zero-order valence-corrected chi connectivity index (χ0v) is 9.84. The number of fused-ring (bicyclic) bond motifs is 1. The minimum Gasteiger partial charge on any atom is -0.361 e. The van der Waals surface area contributed by atoms with Crippen LogP contribution >= 0.6 is 0 Å². The Balaban J connectivity index is 1.85. The Morgan fingerprint density at radius 1 is 1.39 bits per heavy atom. The SMILES string of the molecule is Cn1cc(C(=O)Nc2ccc3[nH]ccc3c2)cn1. The lowest BCUT2D eigenvalue weighted by Gasteiger charge is -2.03. The monoisotopic (exact) mass is 240 g/mol. The van der Waals surface area contributed by atoms with Gasteiger partial charge in [-0.15, -0.1) is 0 Å². The molecule has 3 rings (SSSR count). The summed E-state index contributed by atoms with van der Waals surface area (Å²) in [5.74, 6) is -0.155. The summed E-state index contributed by atoms with van der Waals surface area (Å²) < 4.78 is 1.60. The molecule has 0 spiro atoms. The van der Waals surface area contributed by atoms with Crippen molar-refractivity contribution in [2.45, 2.75) is 0 Å². The molecule has 5 heteroatoms. The van der Waals surface area contributed by atoms with Crippen molar-refractivity contribution in [1.29, 1.82) is 0 Å². The van der Waals surface area contributed by atoms with Gasteiger partial charge in [-0.2, -0.15) is 5.10 Å². The van der Waals surface area contributed by atoms with E-state index >= 15 is 0 Å². The zero-order chi connectivity index (χ0) is 12.5. The summed E-state index contributed by atoms with van der Waals surface area (Å²) >= 11 is 0. The molecule has 1 aromatic carbocycles. The molecule has 0 fully saturated rings. The molecule has 5 nitrogen and oxygen atoms in total. The van der Waals surface area contributed by atoms with E-state index in [1.165, 1.54) is 0 Å². The lowest BCUT2D eigenvalue weighted by molar-refractivity contribution is 0.102. The number of nitrogens with one attached hydrogen (secondary N) is 2. The molecule has 1 amide bonds. The molecular weight excluding hydrogens is 228 g/mol. The van der Waals surface area contributed by atoms with Gasteiger partial charge in [0.15, 0.2) is 0 Å². The third-order valence-electron chi connectivity index (χ3n) is 2.78. The number of carbonyl (C=O) groups is 1. The third kappa shape index (κ3) is 1.86. The number of anilines is 1. The van der Waals surface area contributed by atoms with Gasteiger partial charge in [0.25, 0.3) is 5.91 Å². The lowest BCUT2D eigenvalue weighted by atomic mass is 10.2. The van der Waals surface area contributed by atoms with E-state index in [-0.39, 0.29) is 5.91 Å². The molecule has 3 aromatic rings. The van der Waals surface area contributed by atoms with Crippen LogP contribution in [0.3, 0.4) is 0 Å². The highest BCUT2D eigenvalue weighted by molar-refractivity contribution is 6.04. The summed E-state index contributed by atoms with van der Waals surface area (Å²) in [5.41, 5.74) is 2.37. The maximum Gasteiger partial charge on any atom is 0.258 e. The first kappa shape index (κ1) is 10.6. The van der Waals surface area contributed by atoms with Crippen LogP contribution in [0.1, 0.15) is 10.4 Å². The molecule has 2 heterocycles. The summed E-state index contributed by atoms with van der Waals surface area (Å²) in [4.78, 5) is 15.0. The molecule has 2 aromatic heterocycles. The number of H-pyrrole nitrogens is 1. The van der Waals surface area contributed by atoms with Crippen molar-refractivity contribution in [3.63, 3.8) is 0 Å². The van der Waals surface area contributed by atoms with E-state index in [4.69, 9.17) is 0 Å². The van der Waals surface area contributed by atoms with Crippen molar-refractivity contribution in [3.8, 4) is 0 Å². The minimum atomic E-state index is -0.155. The predicted octanol–water partition coefficient (Wildman–Crippen LogP) is 2.15. The van der Waals surface area contributed by atoms with Crippen molar-refractivity contribution < 1.29 is 4.79 Å². The van der Waals surface area contributed by atoms with E-state index in [9.17, 15) is 4.79 Å². The van der Waals surface area contributed by atoms with Crippen molar-refractivity contribution >= 4 is 22.5 Å². The molecule has 0 saturated heterocycles. The number of hydrogen-bond donors (Lipinski definition) is 2. The van der Waals surface area contributed by atoms with Crippen LogP contribution < -0.4 is 5.32 Å². The van der Waals surface area contributed by atoms with Crippen LogP contribution in [0.4, 0.5) is 5.69 Å². The number of aryl methyl sites for hydroxylation is 1. The molecule has 2 N–H and O–H groups in total. The second-order valence-electron chi connectivity index (χ2n) is 4.14. The highest BCUT2D eigenvalue weighted by Crippen LogP contribution is 2.18. The number of aromatic nitrogens is 3. The fourth-order valence-electron chi connectivity index (χ4n) is 1.87. The van der Waals surface area contributed by atoms with E-state index in [0.717, 1.165) is 16.6 Å².